The van der Waals surface area contributed by atoms with Gasteiger partial charge in [-0.15, -0.1) is 0 Å². The van der Waals surface area contributed by atoms with Crippen LogP contribution in [0.3, 0.4) is 0 Å². The average Bonchev–Trinajstić information content (AvgIpc) is 2.73. The Bertz CT molecular complexity index is 926. The third-order valence-electron chi connectivity index (χ3n) is 5.99. The van der Waals surface area contributed by atoms with Crippen LogP contribution in [-0.2, 0) is 4.79 Å². The van der Waals surface area contributed by atoms with Crippen molar-refractivity contribution in [2.75, 3.05) is 23.3 Å². The third-order valence-corrected chi connectivity index (χ3v) is 5.99. The number of rotatable bonds is 6. The van der Waals surface area contributed by atoms with E-state index >= 15 is 0 Å². The van der Waals surface area contributed by atoms with Gasteiger partial charge in [0.1, 0.15) is 0 Å². The highest BCUT2D eigenvalue weighted by Gasteiger charge is 2.23. The lowest BCUT2D eigenvalue weighted by Crippen LogP contribution is -2.35. The standard InChI is InChI=1S/C27H37N3O2/c1-19-13-15-30(16-14-19)24-12-11-22(29-25(31)18-27(3,4)5)17-23(24)26(32)28-20(2)21-9-7-6-8-10-21/h6-12,17,19-20H,13-16,18H2,1-5H3,(H,28,32)(H,29,31)/t20-/m1/s1. The average molecular weight is 436 g/mol. The van der Waals surface area contributed by atoms with E-state index in [0.717, 1.165) is 37.2 Å². The maximum Gasteiger partial charge on any atom is 0.253 e. The van der Waals surface area contributed by atoms with E-state index < -0.39 is 0 Å². The Kier molecular flexibility index (Phi) is 7.60. The van der Waals surface area contributed by atoms with Crippen LogP contribution < -0.4 is 15.5 Å². The zero-order chi connectivity index (χ0) is 23.3. The SMILES string of the molecule is CC1CCN(c2ccc(NC(=O)CC(C)(C)C)cc2C(=O)N[C@H](C)c2ccccc2)CC1. The van der Waals surface area contributed by atoms with Gasteiger partial charge in [0, 0.05) is 30.9 Å². The zero-order valence-electron chi connectivity index (χ0n) is 20.1. The fourth-order valence-electron chi connectivity index (χ4n) is 4.11. The molecule has 3 rings (SSSR count). The molecule has 1 saturated heterocycles. The van der Waals surface area contributed by atoms with Crippen LogP contribution in [0, 0.1) is 11.3 Å². The lowest BCUT2D eigenvalue weighted by Gasteiger charge is -2.33. The maximum absolute atomic E-state index is 13.4. The van der Waals surface area contributed by atoms with Crippen molar-refractivity contribution in [3.05, 3.63) is 59.7 Å². The van der Waals surface area contributed by atoms with Crippen molar-refractivity contribution in [2.45, 2.75) is 59.9 Å². The van der Waals surface area contributed by atoms with Gasteiger partial charge in [0.05, 0.1) is 11.6 Å². The Morgan fingerprint density at radius 3 is 2.34 bits per heavy atom. The van der Waals surface area contributed by atoms with Gasteiger partial charge in [0.25, 0.3) is 5.91 Å². The first-order chi connectivity index (χ1) is 15.1. The Hall–Kier alpha value is -2.82. The summed E-state index contributed by atoms with van der Waals surface area (Å²) < 4.78 is 0. The van der Waals surface area contributed by atoms with Crippen LogP contribution in [0.25, 0.3) is 0 Å². The zero-order valence-corrected chi connectivity index (χ0v) is 20.1. The van der Waals surface area contributed by atoms with E-state index in [0.29, 0.717) is 23.6 Å². The lowest BCUT2D eigenvalue weighted by atomic mass is 9.92. The van der Waals surface area contributed by atoms with Crippen LogP contribution in [0.1, 0.15) is 75.8 Å². The van der Waals surface area contributed by atoms with Crippen molar-refractivity contribution in [1.29, 1.82) is 0 Å². The summed E-state index contributed by atoms with van der Waals surface area (Å²) in [5, 5.41) is 6.12. The molecule has 0 bridgehead atoms. The molecule has 2 aromatic carbocycles. The largest absolute Gasteiger partial charge is 0.371 e. The van der Waals surface area contributed by atoms with Crippen LogP contribution in [0.4, 0.5) is 11.4 Å². The van der Waals surface area contributed by atoms with Gasteiger partial charge in [0.2, 0.25) is 5.91 Å². The van der Waals surface area contributed by atoms with Crippen molar-refractivity contribution >= 4 is 23.2 Å². The predicted octanol–water partition coefficient (Wildman–Crippen LogP) is 5.79. The molecular formula is C27H37N3O2. The molecule has 1 heterocycles. The molecule has 2 amide bonds. The first kappa shape index (κ1) is 23.8. The molecule has 5 heteroatoms. The quantitative estimate of drug-likeness (QED) is 0.604. The summed E-state index contributed by atoms with van der Waals surface area (Å²) in [6, 6.07) is 15.5. The van der Waals surface area contributed by atoms with E-state index in [1.54, 1.807) is 0 Å². The number of carbonyl (C=O) groups excluding carboxylic acids is 2. The fourth-order valence-corrected chi connectivity index (χ4v) is 4.11. The van der Waals surface area contributed by atoms with Crippen LogP contribution in [-0.4, -0.2) is 24.9 Å². The van der Waals surface area contributed by atoms with Gasteiger partial charge in [-0.1, -0.05) is 58.0 Å². The van der Waals surface area contributed by atoms with Crippen LogP contribution in [0.2, 0.25) is 0 Å². The van der Waals surface area contributed by atoms with E-state index in [2.05, 4.69) is 22.5 Å². The van der Waals surface area contributed by atoms with Crippen LogP contribution in [0.15, 0.2) is 48.5 Å². The number of anilines is 2. The van der Waals surface area contributed by atoms with Crippen molar-refractivity contribution < 1.29 is 9.59 Å². The van der Waals surface area contributed by atoms with Gasteiger partial charge in [-0.2, -0.15) is 0 Å². The first-order valence-electron chi connectivity index (χ1n) is 11.7. The highest BCUT2D eigenvalue weighted by Crippen LogP contribution is 2.30. The normalized spacial score (nSPS) is 15.8. The van der Waals surface area contributed by atoms with Gasteiger partial charge in [-0.25, -0.2) is 0 Å². The predicted molar refractivity (Wildman–Crippen MR) is 132 cm³/mol. The molecule has 0 unspecified atom stereocenters. The van der Waals surface area contributed by atoms with Crippen molar-refractivity contribution in [3.63, 3.8) is 0 Å². The molecule has 0 radical (unpaired) electrons. The molecule has 0 aromatic heterocycles. The van der Waals surface area contributed by atoms with Gasteiger partial charge < -0.3 is 15.5 Å². The van der Waals surface area contributed by atoms with E-state index in [4.69, 9.17) is 0 Å². The van der Waals surface area contributed by atoms with Gasteiger partial charge in [0.15, 0.2) is 0 Å². The van der Waals surface area contributed by atoms with Crippen LogP contribution >= 0.6 is 0 Å². The molecule has 1 aliphatic heterocycles. The Morgan fingerprint density at radius 1 is 1.06 bits per heavy atom. The van der Waals surface area contributed by atoms with E-state index in [-0.39, 0.29) is 23.3 Å². The molecule has 172 valence electrons. The number of piperidine rings is 1. The van der Waals surface area contributed by atoms with Crippen LogP contribution in [0.5, 0.6) is 0 Å². The second kappa shape index (κ2) is 10.2. The van der Waals surface area contributed by atoms with Crippen molar-refractivity contribution in [3.8, 4) is 0 Å². The van der Waals surface area contributed by atoms with Gasteiger partial charge in [-0.3, -0.25) is 9.59 Å². The molecule has 2 N–H and O–H groups in total. The molecule has 32 heavy (non-hydrogen) atoms. The molecule has 2 aromatic rings. The van der Waals surface area contributed by atoms with Crippen molar-refractivity contribution in [2.24, 2.45) is 11.3 Å². The topological polar surface area (TPSA) is 61.4 Å². The number of nitrogens with one attached hydrogen (secondary N) is 2. The molecule has 0 spiro atoms. The second-order valence-electron chi connectivity index (χ2n) is 10.3. The van der Waals surface area contributed by atoms with E-state index in [1.807, 2.05) is 76.2 Å². The lowest BCUT2D eigenvalue weighted by molar-refractivity contribution is -0.117. The monoisotopic (exact) mass is 435 g/mol. The number of hydrogen-bond acceptors (Lipinski definition) is 3. The summed E-state index contributed by atoms with van der Waals surface area (Å²) in [6.45, 7) is 12.3. The Morgan fingerprint density at radius 2 is 1.72 bits per heavy atom. The second-order valence-corrected chi connectivity index (χ2v) is 10.3. The number of carbonyl (C=O) groups is 2. The maximum atomic E-state index is 13.4. The number of nitrogens with zero attached hydrogens (tertiary/aromatic N) is 1. The first-order valence-corrected chi connectivity index (χ1v) is 11.7. The fraction of sp³-hybridized carbons (Fsp3) is 0.481. The Labute approximate surface area is 192 Å². The van der Waals surface area contributed by atoms with Gasteiger partial charge >= 0.3 is 0 Å². The summed E-state index contributed by atoms with van der Waals surface area (Å²) in [7, 11) is 0. The number of hydrogen-bond donors (Lipinski definition) is 2. The minimum atomic E-state index is -0.123. The molecule has 5 nitrogen and oxygen atoms in total. The summed E-state index contributed by atoms with van der Waals surface area (Å²) in [6.07, 6.45) is 2.66. The van der Waals surface area contributed by atoms with E-state index in [9.17, 15) is 9.59 Å². The molecule has 0 saturated carbocycles. The molecule has 1 fully saturated rings. The summed E-state index contributed by atoms with van der Waals surface area (Å²) in [4.78, 5) is 28.1. The molecule has 1 aliphatic rings. The molecule has 1 atom stereocenters. The smallest absolute Gasteiger partial charge is 0.253 e. The van der Waals surface area contributed by atoms with E-state index in [1.165, 1.54) is 0 Å². The third kappa shape index (κ3) is 6.59. The number of amides is 2. The molecule has 0 aliphatic carbocycles. The Balaban J connectivity index is 1.85. The summed E-state index contributed by atoms with van der Waals surface area (Å²) in [5.41, 5.74) is 3.16. The van der Waals surface area contributed by atoms with Gasteiger partial charge in [-0.05, 0) is 54.9 Å². The minimum Gasteiger partial charge on any atom is -0.371 e. The minimum absolute atomic E-state index is 0.0407. The highest BCUT2D eigenvalue weighted by atomic mass is 16.2. The number of benzene rings is 2. The molecular weight excluding hydrogens is 398 g/mol. The summed E-state index contributed by atoms with van der Waals surface area (Å²) >= 11 is 0. The highest BCUT2D eigenvalue weighted by molar-refractivity contribution is 6.02. The summed E-state index contributed by atoms with van der Waals surface area (Å²) in [5.74, 6) is 0.542. The van der Waals surface area contributed by atoms with Crippen molar-refractivity contribution in [1.82, 2.24) is 5.32 Å².